The minimum Gasteiger partial charge on any atom is -0.390 e. The summed E-state index contributed by atoms with van der Waals surface area (Å²) in [5, 5.41) is 13.7. The maximum Gasteiger partial charge on any atom is 0.433 e. The third-order valence-corrected chi connectivity index (χ3v) is 5.29. The first-order valence-corrected chi connectivity index (χ1v) is 9.04. The summed E-state index contributed by atoms with van der Waals surface area (Å²) in [6.45, 7) is 0.944. The van der Waals surface area contributed by atoms with Crippen LogP contribution in [0.1, 0.15) is 30.1 Å². The zero-order valence-electron chi connectivity index (χ0n) is 15.0. The molecule has 2 N–H and O–H groups in total. The van der Waals surface area contributed by atoms with E-state index in [0.29, 0.717) is 24.9 Å². The van der Waals surface area contributed by atoms with Gasteiger partial charge in [-0.15, -0.1) is 0 Å². The molecule has 0 radical (unpaired) electrons. The van der Waals surface area contributed by atoms with Crippen LogP contribution >= 0.6 is 0 Å². The van der Waals surface area contributed by atoms with Crippen molar-refractivity contribution in [2.45, 2.75) is 37.3 Å². The monoisotopic (exact) mass is 417 g/mol. The topological polar surface area (TPSA) is 50.1 Å². The lowest BCUT2D eigenvalue weighted by molar-refractivity contribution is -0.141. The standard InChI is InChI=1S/C19H17F6N3O/c20-18(21,22)10-3-4-13-11(6-10)12-7-17(19(23,24)25)27-8-15(12)28(13)14-2-1-5-26-9-16(14)29/h3-4,6-8,14,16,26,29H,1-2,5,9H2/t14-,16-/m0/s1. The molecule has 4 nitrogen and oxygen atoms in total. The van der Waals surface area contributed by atoms with Gasteiger partial charge < -0.3 is 15.0 Å². The number of aromatic nitrogens is 2. The van der Waals surface area contributed by atoms with E-state index in [-0.39, 0.29) is 22.8 Å². The Morgan fingerprint density at radius 2 is 1.72 bits per heavy atom. The Balaban J connectivity index is 2.03. The van der Waals surface area contributed by atoms with Gasteiger partial charge in [0, 0.05) is 22.8 Å². The van der Waals surface area contributed by atoms with E-state index in [1.165, 1.54) is 6.07 Å². The quantitative estimate of drug-likeness (QED) is 0.573. The van der Waals surface area contributed by atoms with Crippen molar-refractivity contribution in [3.05, 3.63) is 41.7 Å². The molecule has 0 bridgehead atoms. The number of nitrogens with one attached hydrogen (secondary N) is 1. The van der Waals surface area contributed by atoms with Crippen molar-refractivity contribution in [3.63, 3.8) is 0 Å². The van der Waals surface area contributed by atoms with Crippen molar-refractivity contribution < 1.29 is 31.4 Å². The number of hydrogen-bond acceptors (Lipinski definition) is 3. The molecule has 3 aromatic rings. The molecule has 4 rings (SSSR count). The van der Waals surface area contributed by atoms with E-state index in [1.807, 2.05) is 0 Å². The number of rotatable bonds is 1. The zero-order chi connectivity index (χ0) is 21.0. The summed E-state index contributed by atoms with van der Waals surface area (Å²) in [4.78, 5) is 3.48. The third kappa shape index (κ3) is 3.55. The fourth-order valence-corrected chi connectivity index (χ4v) is 3.95. The summed E-state index contributed by atoms with van der Waals surface area (Å²) >= 11 is 0. The molecule has 3 heterocycles. The van der Waals surface area contributed by atoms with Crippen molar-refractivity contribution in [1.29, 1.82) is 0 Å². The predicted octanol–water partition coefficient (Wildman–Crippen LogP) is 4.51. The molecule has 0 unspecified atom stereocenters. The number of hydrogen-bond donors (Lipinski definition) is 2. The van der Waals surface area contributed by atoms with E-state index in [2.05, 4.69) is 10.3 Å². The van der Waals surface area contributed by atoms with Crippen LogP contribution in [0.3, 0.4) is 0 Å². The lowest BCUT2D eigenvalue weighted by Gasteiger charge is -2.24. The van der Waals surface area contributed by atoms with Crippen molar-refractivity contribution >= 4 is 21.8 Å². The van der Waals surface area contributed by atoms with Gasteiger partial charge in [0.15, 0.2) is 0 Å². The van der Waals surface area contributed by atoms with Crippen LogP contribution in [0.2, 0.25) is 0 Å². The Kier molecular flexibility index (Phi) is 4.73. The number of aliphatic hydroxyl groups is 1. The van der Waals surface area contributed by atoms with Gasteiger partial charge in [0.25, 0.3) is 0 Å². The summed E-state index contributed by atoms with van der Waals surface area (Å²) < 4.78 is 80.8. The van der Waals surface area contributed by atoms with Gasteiger partial charge in [-0.25, -0.2) is 4.98 Å². The number of fused-ring (bicyclic) bond motifs is 3. The first-order valence-electron chi connectivity index (χ1n) is 9.04. The maximum absolute atomic E-state index is 13.2. The molecule has 1 saturated heterocycles. The summed E-state index contributed by atoms with van der Waals surface area (Å²) in [6, 6.07) is 3.28. The van der Waals surface area contributed by atoms with E-state index in [1.54, 1.807) is 4.57 Å². The minimum atomic E-state index is -4.73. The first kappa shape index (κ1) is 20.0. The van der Waals surface area contributed by atoms with Crippen molar-refractivity contribution in [2.75, 3.05) is 13.1 Å². The Bertz CT molecular complexity index is 985. The van der Waals surface area contributed by atoms with E-state index < -0.39 is 35.8 Å². The van der Waals surface area contributed by atoms with Crippen molar-refractivity contribution in [3.8, 4) is 0 Å². The fraction of sp³-hybridized carbons (Fsp3) is 0.421. The van der Waals surface area contributed by atoms with Crippen LogP contribution < -0.4 is 5.32 Å². The third-order valence-electron chi connectivity index (χ3n) is 5.29. The van der Waals surface area contributed by atoms with Gasteiger partial charge in [-0.2, -0.15) is 26.3 Å². The van der Waals surface area contributed by atoms with Gasteiger partial charge in [-0.3, -0.25) is 0 Å². The van der Waals surface area contributed by atoms with Gasteiger partial charge in [-0.05, 0) is 43.7 Å². The lowest BCUT2D eigenvalue weighted by Crippen LogP contribution is -2.31. The number of benzene rings is 1. The second-order valence-electron chi connectivity index (χ2n) is 7.17. The molecule has 1 fully saturated rings. The average molecular weight is 417 g/mol. The van der Waals surface area contributed by atoms with E-state index >= 15 is 0 Å². The Morgan fingerprint density at radius 1 is 1.00 bits per heavy atom. The number of halogens is 6. The van der Waals surface area contributed by atoms with E-state index in [9.17, 15) is 31.4 Å². The number of β-amino-alcohol motifs (C(OH)–C–C–N with tert-alkyl or cyclic N) is 1. The number of alkyl halides is 6. The molecule has 0 saturated carbocycles. The van der Waals surface area contributed by atoms with Crippen LogP contribution in [-0.2, 0) is 12.4 Å². The summed E-state index contributed by atoms with van der Waals surface area (Å²) in [6.07, 6.45) is -7.95. The van der Waals surface area contributed by atoms with Crippen LogP contribution in [0.4, 0.5) is 26.3 Å². The van der Waals surface area contributed by atoms with Crippen molar-refractivity contribution in [2.24, 2.45) is 0 Å². The highest BCUT2D eigenvalue weighted by atomic mass is 19.4. The molecular weight excluding hydrogens is 400 g/mol. The molecule has 0 amide bonds. The maximum atomic E-state index is 13.2. The Labute approximate surface area is 161 Å². The molecule has 0 aliphatic carbocycles. The Morgan fingerprint density at radius 3 is 2.41 bits per heavy atom. The van der Waals surface area contributed by atoms with E-state index in [0.717, 1.165) is 24.4 Å². The zero-order valence-corrected chi connectivity index (χ0v) is 15.0. The lowest BCUT2D eigenvalue weighted by atomic mass is 10.1. The summed E-state index contributed by atoms with van der Waals surface area (Å²) in [5.41, 5.74) is -1.53. The smallest absolute Gasteiger partial charge is 0.390 e. The fourth-order valence-electron chi connectivity index (χ4n) is 3.95. The molecule has 156 valence electrons. The normalized spacial score (nSPS) is 21.6. The van der Waals surface area contributed by atoms with E-state index in [4.69, 9.17) is 0 Å². The minimum absolute atomic E-state index is 0.0258. The SMILES string of the molecule is O[C@H]1CNCCC[C@@H]1n1c2ccc(C(F)(F)F)cc2c2cc(C(F)(F)F)ncc21. The van der Waals surface area contributed by atoms with Gasteiger partial charge >= 0.3 is 12.4 Å². The van der Waals surface area contributed by atoms with Crippen LogP contribution in [0.25, 0.3) is 21.8 Å². The molecule has 2 atom stereocenters. The molecule has 1 aromatic carbocycles. The van der Waals surface area contributed by atoms with Gasteiger partial charge in [0.1, 0.15) is 5.69 Å². The highest BCUT2D eigenvalue weighted by molar-refractivity contribution is 6.08. The second-order valence-corrected chi connectivity index (χ2v) is 7.17. The number of nitrogens with zero attached hydrogens (tertiary/aromatic N) is 2. The van der Waals surface area contributed by atoms with Crippen molar-refractivity contribution in [1.82, 2.24) is 14.9 Å². The van der Waals surface area contributed by atoms with Crippen LogP contribution in [0, 0.1) is 0 Å². The molecular formula is C19H17F6N3O. The average Bonchev–Trinajstić information content (AvgIpc) is 2.80. The van der Waals surface area contributed by atoms with Crippen LogP contribution in [-0.4, -0.2) is 33.9 Å². The summed E-state index contributed by atoms with van der Waals surface area (Å²) in [5.74, 6) is 0. The predicted molar refractivity (Wildman–Crippen MR) is 94.4 cm³/mol. The summed E-state index contributed by atoms with van der Waals surface area (Å²) in [7, 11) is 0. The largest absolute Gasteiger partial charge is 0.433 e. The molecule has 1 aliphatic rings. The number of pyridine rings is 1. The number of aliphatic hydroxyl groups excluding tert-OH is 1. The van der Waals surface area contributed by atoms with Gasteiger partial charge in [0.05, 0.1) is 29.4 Å². The Hall–Kier alpha value is -2.33. The van der Waals surface area contributed by atoms with Crippen LogP contribution in [0.5, 0.6) is 0 Å². The van der Waals surface area contributed by atoms with Gasteiger partial charge in [-0.1, -0.05) is 0 Å². The first-order chi connectivity index (χ1) is 13.6. The molecule has 2 aromatic heterocycles. The second kappa shape index (κ2) is 6.88. The molecule has 29 heavy (non-hydrogen) atoms. The van der Waals surface area contributed by atoms with Crippen LogP contribution in [0.15, 0.2) is 30.5 Å². The highest BCUT2D eigenvalue weighted by Gasteiger charge is 2.35. The highest BCUT2D eigenvalue weighted by Crippen LogP contribution is 2.40. The molecule has 0 spiro atoms. The van der Waals surface area contributed by atoms with Gasteiger partial charge in [0.2, 0.25) is 0 Å². The molecule has 10 heteroatoms. The molecule has 1 aliphatic heterocycles.